The molecule has 0 radical (unpaired) electrons. The lowest BCUT2D eigenvalue weighted by atomic mass is 10.5. The molecule has 14 heavy (non-hydrogen) atoms. The van der Waals surface area contributed by atoms with Crippen LogP contribution in [-0.4, -0.2) is 26.4 Å². The van der Waals surface area contributed by atoms with E-state index in [4.69, 9.17) is 5.11 Å². The Morgan fingerprint density at radius 1 is 1.79 bits per heavy atom. The first kappa shape index (κ1) is 9.58. The molecule has 1 N–H and O–H groups in total. The Morgan fingerprint density at radius 2 is 2.50 bits per heavy atom. The third-order valence-electron chi connectivity index (χ3n) is 2.18. The second-order valence-electron chi connectivity index (χ2n) is 3.47. The highest BCUT2D eigenvalue weighted by Gasteiger charge is 2.27. The van der Waals surface area contributed by atoms with Crippen LogP contribution in [0.15, 0.2) is 11.4 Å². The summed E-state index contributed by atoms with van der Waals surface area (Å²) < 4.78 is 2.15. The van der Waals surface area contributed by atoms with E-state index in [1.165, 1.54) is 24.6 Å². The molecule has 0 aromatic carbocycles. The molecule has 0 unspecified atom stereocenters. The lowest BCUT2D eigenvalue weighted by Gasteiger charge is -2.06. The molecule has 76 valence electrons. The first-order valence-corrected chi connectivity index (χ1v) is 5.55. The van der Waals surface area contributed by atoms with Crippen molar-refractivity contribution in [2.75, 3.05) is 5.75 Å². The zero-order chi connectivity index (χ0) is 10.1. The van der Waals surface area contributed by atoms with Gasteiger partial charge in [0.2, 0.25) is 0 Å². The van der Waals surface area contributed by atoms with Crippen molar-refractivity contribution in [3.05, 3.63) is 11.9 Å². The highest BCUT2D eigenvalue weighted by atomic mass is 32.2. The minimum Gasteiger partial charge on any atom is -0.481 e. The van der Waals surface area contributed by atoms with Gasteiger partial charge in [-0.1, -0.05) is 11.8 Å². The maximum Gasteiger partial charge on any atom is 0.313 e. The van der Waals surface area contributed by atoms with Crippen molar-refractivity contribution in [3.8, 4) is 0 Å². The summed E-state index contributed by atoms with van der Waals surface area (Å²) in [5, 5.41) is 9.41. The lowest BCUT2D eigenvalue weighted by molar-refractivity contribution is -0.133. The van der Waals surface area contributed by atoms with Crippen LogP contribution in [0.25, 0.3) is 0 Å². The Morgan fingerprint density at radius 3 is 3.07 bits per heavy atom. The van der Waals surface area contributed by atoms with E-state index in [-0.39, 0.29) is 5.75 Å². The van der Waals surface area contributed by atoms with Crippen molar-refractivity contribution >= 4 is 17.7 Å². The molecule has 0 aliphatic heterocycles. The van der Waals surface area contributed by atoms with Crippen molar-refractivity contribution < 1.29 is 9.90 Å². The van der Waals surface area contributed by atoms with Crippen LogP contribution in [0.2, 0.25) is 0 Å². The van der Waals surface area contributed by atoms with E-state index < -0.39 is 5.97 Å². The van der Waals surface area contributed by atoms with Gasteiger partial charge in [0, 0.05) is 17.9 Å². The quantitative estimate of drug-likeness (QED) is 0.772. The van der Waals surface area contributed by atoms with E-state index in [0.717, 1.165) is 10.9 Å². The minimum absolute atomic E-state index is 0.0865. The average Bonchev–Trinajstić information content (AvgIpc) is 2.88. The largest absolute Gasteiger partial charge is 0.481 e. The van der Waals surface area contributed by atoms with Gasteiger partial charge < -0.3 is 9.67 Å². The number of hydrogen-bond donors (Lipinski definition) is 1. The molecule has 4 nitrogen and oxygen atoms in total. The van der Waals surface area contributed by atoms with E-state index >= 15 is 0 Å². The summed E-state index contributed by atoms with van der Waals surface area (Å²) in [4.78, 5) is 14.6. The van der Waals surface area contributed by atoms with Crippen LogP contribution >= 0.6 is 11.8 Å². The normalized spacial score (nSPS) is 15.8. The van der Waals surface area contributed by atoms with Crippen molar-refractivity contribution in [1.29, 1.82) is 0 Å². The van der Waals surface area contributed by atoms with Crippen LogP contribution in [0.1, 0.15) is 24.6 Å². The van der Waals surface area contributed by atoms with Gasteiger partial charge in [0.25, 0.3) is 0 Å². The molecule has 1 fully saturated rings. The van der Waals surface area contributed by atoms with E-state index in [9.17, 15) is 4.79 Å². The van der Waals surface area contributed by atoms with Gasteiger partial charge in [0.1, 0.15) is 0 Å². The summed E-state index contributed by atoms with van der Waals surface area (Å²) >= 11 is 1.30. The predicted octanol–water partition coefficient (Wildman–Crippen LogP) is 1.70. The maximum absolute atomic E-state index is 10.4. The van der Waals surface area contributed by atoms with E-state index in [0.29, 0.717) is 6.04 Å². The fourth-order valence-electron chi connectivity index (χ4n) is 1.43. The number of thioether (sulfide) groups is 1. The van der Waals surface area contributed by atoms with Crippen LogP contribution in [0.4, 0.5) is 0 Å². The zero-order valence-corrected chi connectivity index (χ0v) is 8.75. The second kappa shape index (κ2) is 3.65. The van der Waals surface area contributed by atoms with Crippen LogP contribution < -0.4 is 0 Å². The molecule has 1 aliphatic carbocycles. The van der Waals surface area contributed by atoms with Crippen molar-refractivity contribution in [2.45, 2.75) is 31.0 Å². The molecular formula is C9H12N2O2S. The zero-order valence-electron chi connectivity index (χ0n) is 7.93. The van der Waals surface area contributed by atoms with Crippen LogP contribution in [0.5, 0.6) is 0 Å². The monoisotopic (exact) mass is 212 g/mol. The number of hydrogen-bond acceptors (Lipinski definition) is 3. The standard InChI is InChI=1S/C9H12N2O2S/c1-6-4-10-9(14-5-8(12)13)11(6)7-2-3-7/h4,7H,2-3,5H2,1H3,(H,12,13). The van der Waals surface area contributed by atoms with E-state index in [1.54, 1.807) is 0 Å². The molecule has 0 saturated heterocycles. The van der Waals surface area contributed by atoms with Crippen LogP contribution in [-0.2, 0) is 4.79 Å². The smallest absolute Gasteiger partial charge is 0.313 e. The van der Waals surface area contributed by atoms with E-state index in [1.807, 2.05) is 13.1 Å². The van der Waals surface area contributed by atoms with Gasteiger partial charge in [0.05, 0.1) is 5.75 Å². The molecule has 2 rings (SSSR count). The number of aliphatic carboxylic acids is 1. The molecule has 1 saturated carbocycles. The fraction of sp³-hybridized carbons (Fsp3) is 0.556. The van der Waals surface area contributed by atoms with Gasteiger partial charge in [-0.2, -0.15) is 0 Å². The first-order valence-electron chi connectivity index (χ1n) is 4.57. The van der Waals surface area contributed by atoms with Gasteiger partial charge in [-0.3, -0.25) is 4.79 Å². The number of aromatic nitrogens is 2. The summed E-state index contributed by atoms with van der Waals surface area (Å²) in [7, 11) is 0. The Bertz CT molecular complexity index is 358. The number of aryl methyl sites for hydroxylation is 1. The highest BCUT2D eigenvalue weighted by molar-refractivity contribution is 7.99. The number of carboxylic acid groups (broad SMARTS) is 1. The maximum atomic E-state index is 10.4. The Balaban J connectivity index is 2.12. The molecule has 1 aliphatic rings. The highest BCUT2D eigenvalue weighted by Crippen LogP contribution is 2.38. The SMILES string of the molecule is Cc1cnc(SCC(=O)O)n1C1CC1. The lowest BCUT2D eigenvalue weighted by Crippen LogP contribution is -2.02. The Hall–Kier alpha value is -0.970. The predicted molar refractivity (Wildman–Crippen MR) is 53.6 cm³/mol. The van der Waals surface area contributed by atoms with E-state index in [2.05, 4.69) is 9.55 Å². The van der Waals surface area contributed by atoms with Crippen LogP contribution in [0, 0.1) is 6.92 Å². The summed E-state index contributed by atoms with van der Waals surface area (Å²) in [6, 6.07) is 0.564. The fourth-order valence-corrected chi connectivity index (χ4v) is 2.25. The van der Waals surface area contributed by atoms with Gasteiger partial charge in [-0.05, 0) is 19.8 Å². The van der Waals surface area contributed by atoms with Crippen molar-refractivity contribution in [1.82, 2.24) is 9.55 Å². The number of nitrogens with zero attached hydrogens (tertiary/aromatic N) is 2. The molecule has 1 aromatic heterocycles. The van der Waals surface area contributed by atoms with Crippen LogP contribution in [0.3, 0.4) is 0 Å². The summed E-state index contributed by atoms with van der Waals surface area (Å²) in [5.41, 5.74) is 1.13. The topological polar surface area (TPSA) is 55.1 Å². The number of carboxylic acids is 1. The Kier molecular flexibility index (Phi) is 2.50. The number of imidazole rings is 1. The third-order valence-corrected chi connectivity index (χ3v) is 3.14. The second-order valence-corrected chi connectivity index (χ2v) is 4.41. The van der Waals surface area contributed by atoms with Gasteiger partial charge in [-0.25, -0.2) is 4.98 Å². The molecule has 1 heterocycles. The van der Waals surface area contributed by atoms with Gasteiger partial charge in [0.15, 0.2) is 5.16 Å². The summed E-state index contributed by atoms with van der Waals surface area (Å²) in [6.07, 6.45) is 4.19. The molecule has 0 spiro atoms. The number of rotatable bonds is 4. The molecule has 5 heteroatoms. The summed E-state index contributed by atoms with van der Waals surface area (Å²) in [5.74, 6) is -0.707. The summed E-state index contributed by atoms with van der Waals surface area (Å²) in [6.45, 7) is 2.01. The molecule has 0 bridgehead atoms. The molecule has 0 atom stereocenters. The van der Waals surface area contributed by atoms with Gasteiger partial charge in [-0.15, -0.1) is 0 Å². The van der Waals surface area contributed by atoms with Crippen molar-refractivity contribution in [2.24, 2.45) is 0 Å². The molecular weight excluding hydrogens is 200 g/mol. The average molecular weight is 212 g/mol. The Labute approximate surface area is 86.3 Å². The minimum atomic E-state index is -0.794. The third kappa shape index (κ3) is 1.92. The number of carbonyl (C=O) groups is 1. The molecule has 1 aromatic rings. The molecule has 0 amide bonds. The van der Waals surface area contributed by atoms with Gasteiger partial charge >= 0.3 is 5.97 Å². The van der Waals surface area contributed by atoms with Crippen molar-refractivity contribution in [3.63, 3.8) is 0 Å². The first-order chi connectivity index (χ1) is 6.68.